The summed E-state index contributed by atoms with van der Waals surface area (Å²) in [6.45, 7) is 10.1. The molecule has 1 aliphatic rings. The van der Waals surface area contributed by atoms with Gasteiger partial charge in [-0.1, -0.05) is 13.8 Å². The quantitative estimate of drug-likeness (QED) is 0.886. The van der Waals surface area contributed by atoms with Gasteiger partial charge in [0.1, 0.15) is 0 Å². The average Bonchev–Trinajstić information content (AvgIpc) is 2.81. The second-order valence-corrected chi connectivity index (χ2v) is 6.02. The molecule has 4 atom stereocenters. The summed E-state index contributed by atoms with van der Waals surface area (Å²) in [5.41, 5.74) is 1.31. The summed E-state index contributed by atoms with van der Waals surface area (Å²) in [6, 6.07) is 1.08. The summed E-state index contributed by atoms with van der Waals surface area (Å²) in [6.07, 6.45) is 8.20. The van der Waals surface area contributed by atoms with Gasteiger partial charge in [-0.3, -0.25) is 4.68 Å². The van der Waals surface area contributed by atoms with E-state index >= 15 is 0 Å². The molecule has 1 aromatic heterocycles. The molecule has 0 saturated heterocycles. The number of hydrogen-bond donors (Lipinski definition) is 1. The van der Waals surface area contributed by atoms with Crippen LogP contribution in [0.25, 0.3) is 0 Å². The maximum atomic E-state index is 4.36. The first-order valence-corrected chi connectivity index (χ1v) is 7.38. The molecule has 2 rings (SSSR count). The van der Waals surface area contributed by atoms with Crippen molar-refractivity contribution in [1.82, 2.24) is 15.1 Å². The Morgan fingerprint density at radius 1 is 1.44 bits per heavy atom. The predicted octanol–water partition coefficient (Wildman–Crippen LogP) is 3.38. The van der Waals surface area contributed by atoms with E-state index in [0.29, 0.717) is 12.1 Å². The van der Waals surface area contributed by atoms with E-state index in [9.17, 15) is 0 Å². The molecule has 1 saturated carbocycles. The van der Waals surface area contributed by atoms with Gasteiger partial charge in [-0.2, -0.15) is 5.10 Å². The van der Waals surface area contributed by atoms with Crippen LogP contribution in [-0.2, 0) is 6.54 Å². The van der Waals surface area contributed by atoms with Crippen LogP contribution in [0.1, 0.15) is 58.6 Å². The normalized spacial score (nSPS) is 30.3. The minimum atomic E-state index is 0.408. The highest BCUT2D eigenvalue weighted by Gasteiger charge is 2.26. The lowest BCUT2D eigenvalue weighted by molar-refractivity contribution is 0.216. The molecule has 4 unspecified atom stereocenters. The third-order valence-electron chi connectivity index (χ3n) is 4.37. The highest BCUT2D eigenvalue weighted by molar-refractivity contribution is 5.09. The third-order valence-corrected chi connectivity index (χ3v) is 4.37. The number of aromatic nitrogens is 2. The van der Waals surface area contributed by atoms with Gasteiger partial charge in [0, 0.05) is 30.4 Å². The van der Waals surface area contributed by atoms with Gasteiger partial charge in [0.2, 0.25) is 0 Å². The molecule has 18 heavy (non-hydrogen) atoms. The van der Waals surface area contributed by atoms with Crippen molar-refractivity contribution in [2.45, 2.75) is 65.6 Å². The van der Waals surface area contributed by atoms with E-state index in [0.717, 1.165) is 18.4 Å². The van der Waals surface area contributed by atoms with Crippen molar-refractivity contribution in [2.75, 3.05) is 0 Å². The zero-order valence-corrected chi connectivity index (χ0v) is 12.2. The predicted molar refractivity (Wildman–Crippen MR) is 75.4 cm³/mol. The molecule has 0 radical (unpaired) electrons. The fourth-order valence-electron chi connectivity index (χ4n) is 3.11. The van der Waals surface area contributed by atoms with Crippen molar-refractivity contribution in [3.63, 3.8) is 0 Å². The number of hydrogen-bond acceptors (Lipinski definition) is 2. The fraction of sp³-hybridized carbons (Fsp3) is 0.800. The second-order valence-electron chi connectivity index (χ2n) is 6.02. The number of aryl methyl sites for hydroxylation is 1. The highest BCUT2D eigenvalue weighted by Crippen LogP contribution is 2.30. The van der Waals surface area contributed by atoms with Crippen LogP contribution in [-0.4, -0.2) is 15.8 Å². The highest BCUT2D eigenvalue weighted by atomic mass is 15.3. The van der Waals surface area contributed by atoms with E-state index in [4.69, 9.17) is 0 Å². The molecule has 1 aliphatic carbocycles. The summed E-state index contributed by atoms with van der Waals surface area (Å²) >= 11 is 0. The Morgan fingerprint density at radius 3 is 2.83 bits per heavy atom. The molecule has 0 spiro atoms. The molecule has 0 aliphatic heterocycles. The Balaban J connectivity index is 1.92. The molecule has 102 valence electrons. The van der Waals surface area contributed by atoms with Gasteiger partial charge in [0.15, 0.2) is 0 Å². The largest absolute Gasteiger partial charge is 0.307 e. The zero-order chi connectivity index (χ0) is 13.1. The van der Waals surface area contributed by atoms with E-state index in [2.05, 4.69) is 44.3 Å². The minimum absolute atomic E-state index is 0.408. The summed E-state index contributed by atoms with van der Waals surface area (Å²) in [7, 11) is 0. The van der Waals surface area contributed by atoms with Gasteiger partial charge in [-0.15, -0.1) is 0 Å². The van der Waals surface area contributed by atoms with Gasteiger partial charge in [0.25, 0.3) is 0 Å². The maximum Gasteiger partial charge on any atom is 0.0537 e. The Labute approximate surface area is 111 Å². The summed E-state index contributed by atoms with van der Waals surface area (Å²) < 4.78 is 2.00. The molecule has 1 N–H and O–H groups in total. The molecule has 1 fully saturated rings. The lowest BCUT2D eigenvalue weighted by atomic mass is 9.79. The molecule has 0 aromatic carbocycles. The lowest BCUT2D eigenvalue weighted by Gasteiger charge is -2.35. The van der Waals surface area contributed by atoms with Crippen LogP contribution in [0.5, 0.6) is 0 Å². The van der Waals surface area contributed by atoms with E-state index < -0.39 is 0 Å². The Morgan fingerprint density at radius 2 is 2.22 bits per heavy atom. The first kappa shape index (κ1) is 13.6. The Bertz CT molecular complexity index is 372. The van der Waals surface area contributed by atoms with Crippen LogP contribution in [0.2, 0.25) is 0 Å². The SMILES string of the molecule is CCn1cc(C(C)NC2CCC(C)CC2C)cn1. The first-order chi connectivity index (χ1) is 8.60. The number of nitrogens with zero attached hydrogens (tertiary/aromatic N) is 2. The van der Waals surface area contributed by atoms with E-state index in [-0.39, 0.29) is 0 Å². The molecule has 3 nitrogen and oxygen atoms in total. The minimum Gasteiger partial charge on any atom is -0.307 e. The maximum absolute atomic E-state index is 4.36. The van der Waals surface area contributed by atoms with Crippen molar-refractivity contribution >= 4 is 0 Å². The van der Waals surface area contributed by atoms with Crippen LogP contribution in [0, 0.1) is 11.8 Å². The Kier molecular flexibility index (Phi) is 4.44. The molecule has 1 heterocycles. The van der Waals surface area contributed by atoms with Crippen LogP contribution < -0.4 is 5.32 Å². The van der Waals surface area contributed by atoms with Gasteiger partial charge < -0.3 is 5.32 Å². The summed E-state index contributed by atoms with van der Waals surface area (Å²) in [4.78, 5) is 0. The topological polar surface area (TPSA) is 29.9 Å². The Hall–Kier alpha value is -0.830. The van der Waals surface area contributed by atoms with Gasteiger partial charge in [-0.25, -0.2) is 0 Å². The van der Waals surface area contributed by atoms with Crippen molar-refractivity contribution in [1.29, 1.82) is 0 Å². The summed E-state index contributed by atoms with van der Waals surface area (Å²) in [5, 5.41) is 8.15. The third kappa shape index (κ3) is 3.14. The lowest BCUT2D eigenvalue weighted by Crippen LogP contribution is -2.40. The summed E-state index contributed by atoms with van der Waals surface area (Å²) in [5.74, 6) is 1.69. The smallest absolute Gasteiger partial charge is 0.0537 e. The van der Waals surface area contributed by atoms with Gasteiger partial charge in [0.05, 0.1) is 6.20 Å². The van der Waals surface area contributed by atoms with Crippen LogP contribution >= 0.6 is 0 Å². The van der Waals surface area contributed by atoms with Crippen LogP contribution in [0.3, 0.4) is 0 Å². The van der Waals surface area contributed by atoms with Crippen LogP contribution in [0.4, 0.5) is 0 Å². The zero-order valence-electron chi connectivity index (χ0n) is 12.2. The monoisotopic (exact) mass is 249 g/mol. The van der Waals surface area contributed by atoms with Crippen LogP contribution in [0.15, 0.2) is 12.4 Å². The molecular formula is C15H27N3. The van der Waals surface area contributed by atoms with Gasteiger partial charge >= 0.3 is 0 Å². The second kappa shape index (κ2) is 5.87. The van der Waals surface area contributed by atoms with Gasteiger partial charge in [-0.05, 0) is 44.9 Å². The van der Waals surface area contributed by atoms with Crippen molar-refractivity contribution in [3.8, 4) is 0 Å². The van der Waals surface area contributed by atoms with E-state index in [1.165, 1.54) is 24.8 Å². The molecular weight excluding hydrogens is 222 g/mol. The average molecular weight is 249 g/mol. The molecule has 0 amide bonds. The molecule has 1 aromatic rings. The standard InChI is InChI=1S/C15H27N3/c1-5-18-10-14(9-16-18)13(4)17-15-7-6-11(2)8-12(15)3/h9-13,15,17H,5-8H2,1-4H3. The fourth-order valence-corrected chi connectivity index (χ4v) is 3.11. The first-order valence-electron chi connectivity index (χ1n) is 7.38. The number of rotatable bonds is 4. The van der Waals surface area contributed by atoms with Crippen molar-refractivity contribution < 1.29 is 0 Å². The van der Waals surface area contributed by atoms with E-state index in [1.54, 1.807) is 0 Å². The number of nitrogens with one attached hydrogen (secondary N) is 1. The van der Waals surface area contributed by atoms with Crippen molar-refractivity contribution in [3.05, 3.63) is 18.0 Å². The van der Waals surface area contributed by atoms with Crippen molar-refractivity contribution in [2.24, 2.45) is 11.8 Å². The molecule has 0 bridgehead atoms. The van der Waals surface area contributed by atoms with E-state index in [1.807, 2.05) is 10.9 Å². The molecule has 3 heteroatoms.